The van der Waals surface area contributed by atoms with E-state index in [1.807, 2.05) is 0 Å². The molecule has 1 unspecified atom stereocenters. The third-order valence-corrected chi connectivity index (χ3v) is 2.42. The number of aliphatic hydroxyl groups is 1. The molecule has 0 fully saturated rings. The highest BCUT2D eigenvalue weighted by atomic mass is 16.5. The minimum atomic E-state index is -0.665. The maximum Gasteiger partial charge on any atom is 0.167 e. The van der Waals surface area contributed by atoms with Crippen LogP contribution in [0.4, 0.5) is 0 Å². The van der Waals surface area contributed by atoms with E-state index in [-0.39, 0.29) is 5.78 Å². The van der Waals surface area contributed by atoms with E-state index >= 15 is 0 Å². The van der Waals surface area contributed by atoms with Crippen LogP contribution in [-0.4, -0.2) is 24.1 Å². The Bertz CT molecular complexity index is 228. The number of ketones is 1. The zero-order valence-corrected chi connectivity index (χ0v) is 7.63. The first-order chi connectivity index (χ1) is 5.48. The van der Waals surface area contributed by atoms with Crippen molar-refractivity contribution in [3.8, 4) is 0 Å². The average Bonchev–Trinajstić information content (AvgIpc) is 2.00. The molecule has 12 heavy (non-hydrogen) atoms. The Morgan fingerprint density at radius 3 is 2.67 bits per heavy atom. The van der Waals surface area contributed by atoms with Gasteiger partial charge in [0.05, 0.1) is 18.6 Å². The van der Waals surface area contributed by atoms with Crippen LogP contribution < -0.4 is 0 Å². The van der Waals surface area contributed by atoms with Gasteiger partial charge in [-0.15, -0.1) is 0 Å². The fourth-order valence-corrected chi connectivity index (χ4v) is 1.14. The lowest BCUT2D eigenvalue weighted by Crippen LogP contribution is -2.39. The lowest BCUT2D eigenvalue weighted by atomic mass is 9.77. The van der Waals surface area contributed by atoms with Crippen LogP contribution >= 0.6 is 0 Å². The van der Waals surface area contributed by atoms with Crippen molar-refractivity contribution in [3.05, 3.63) is 11.8 Å². The maximum absolute atomic E-state index is 11.4. The molecule has 3 nitrogen and oxygen atoms in total. The number of carbonyl (C=O) groups excluding carboxylic acids is 1. The molecule has 0 aromatic rings. The van der Waals surface area contributed by atoms with Gasteiger partial charge in [-0.1, -0.05) is 13.8 Å². The van der Waals surface area contributed by atoms with Crippen molar-refractivity contribution < 1.29 is 14.6 Å². The van der Waals surface area contributed by atoms with E-state index in [2.05, 4.69) is 0 Å². The Hall–Kier alpha value is -0.830. The topological polar surface area (TPSA) is 46.5 Å². The van der Waals surface area contributed by atoms with Crippen LogP contribution in [0.15, 0.2) is 11.8 Å². The maximum atomic E-state index is 11.4. The second-order valence-corrected chi connectivity index (χ2v) is 3.62. The van der Waals surface area contributed by atoms with Crippen molar-refractivity contribution in [3.63, 3.8) is 0 Å². The highest BCUT2D eigenvalue weighted by molar-refractivity contribution is 5.96. The Kier molecular flexibility index (Phi) is 2.24. The molecular weight excluding hydrogens is 156 g/mol. The number of hydrogen-bond donors (Lipinski definition) is 1. The Balaban J connectivity index is 2.92. The average molecular weight is 170 g/mol. The van der Waals surface area contributed by atoms with Crippen LogP contribution in [0.2, 0.25) is 0 Å². The number of allylic oxidation sites excluding steroid dienone is 1. The fraction of sp³-hybridized carbons (Fsp3) is 0.667. The molecular formula is C9H14O3. The van der Waals surface area contributed by atoms with Gasteiger partial charge in [0.1, 0.15) is 5.76 Å². The van der Waals surface area contributed by atoms with Crippen LogP contribution in [0.25, 0.3) is 0 Å². The summed E-state index contributed by atoms with van der Waals surface area (Å²) in [6, 6.07) is 0. The summed E-state index contributed by atoms with van der Waals surface area (Å²) in [4.78, 5) is 11.4. The third kappa shape index (κ3) is 1.37. The molecule has 1 atom stereocenters. The summed E-state index contributed by atoms with van der Waals surface area (Å²) in [5, 5.41) is 9.57. The SMILES string of the molecule is COC1=CC(=O)C(C)(C)C(O)C1. The first kappa shape index (κ1) is 9.26. The predicted molar refractivity (Wildman–Crippen MR) is 44.5 cm³/mol. The third-order valence-electron chi connectivity index (χ3n) is 2.42. The van der Waals surface area contributed by atoms with E-state index in [0.717, 1.165) is 0 Å². The Morgan fingerprint density at radius 1 is 1.67 bits per heavy atom. The molecule has 0 saturated carbocycles. The second kappa shape index (κ2) is 2.90. The normalized spacial score (nSPS) is 28.2. The van der Waals surface area contributed by atoms with Gasteiger partial charge in [-0.05, 0) is 0 Å². The van der Waals surface area contributed by atoms with E-state index in [4.69, 9.17) is 4.74 Å². The highest BCUT2D eigenvalue weighted by Crippen LogP contribution is 2.31. The summed E-state index contributed by atoms with van der Waals surface area (Å²) < 4.78 is 4.91. The van der Waals surface area contributed by atoms with E-state index in [1.54, 1.807) is 13.8 Å². The quantitative estimate of drug-likeness (QED) is 0.635. The largest absolute Gasteiger partial charge is 0.501 e. The Labute approximate surface area is 72.0 Å². The first-order valence-electron chi connectivity index (χ1n) is 3.95. The van der Waals surface area contributed by atoms with E-state index in [9.17, 15) is 9.90 Å². The molecule has 1 aliphatic rings. The number of ether oxygens (including phenoxy) is 1. The first-order valence-corrected chi connectivity index (χ1v) is 3.95. The minimum Gasteiger partial charge on any atom is -0.501 e. The summed E-state index contributed by atoms with van der Waals surface area (Å²) in [6.07, 6.45) is 1.26. The van der Waals surface area contributed by atoms with Gasteiger partial charge in [-0.3, -0.25) is 4.79 Å². The van der Waals surface area contributed by atoms with Gasteiger partial charge in [0, 0.05) is 12.5 Å². The summed E-state index contributed by atoms with van der Waals surface area (Å²) in [5.41, 5.74) is -0.665. The molecule has 0 aliphatic heterocycles. The van der Waals surface area contributed by atoms with Crippen LogP contribution in [-0.2, 0) is 9.53 Å². The zero-order chi connectivity index (χ0) is 9.35. The molecule has 0 saturated heterocycles. The minimum absolute atomic E-state index is 0.0712. The summed E-state index contributed by atoms with van der Waals surface area (Å²) in [5.74, 6) is 0.491. The van der Waals surface area contributed by atoms with Gasteiger partial charge in [0.15, 0.2) is 5.78 Å². The van der Waals surface area contributed by atoms with Crippen molar-refractivity contribution in [2.75, 3.05) is 7.11 Å². The number of methoxy groups -OCH3 is 1. The fourth-order valence-electron chi connectivity index (χ4n) is 1.14. The monoisotopic (exact) mass is 170 g/mol. The molecule has 0 bridgehead atoms. The van der Waals surface area contributed by atoms with Crippen molar-refractivity contribution in [1.82, 2.24) is 0 Å². The molecule has 0 aromatic carbocycles. The van der Waals surface area contributed by atoms with Crippen molar-refractivity contribution in [2.45, 2.75) is 26.4 Å². The smallest absolute Gasteiger partial charge is 0.167 e. The lowest BCUT2D eigenvalue weighted by molar-refractivity contribution is -0.129. The molecule has 68 valence electrons. The number of aliphatic hydroxyl groups excluding tert-OH is 1. The van der Waals surface area contributed by atoms with Crippen LogP contribution in [0.3, 0.4) is 0 Å². The summed E-state index contributed by atoms with van der Waals surface area (Å²) in [7, 11) is 1.50. The van der Waals surface area contributed by atoms with E-state index in [0.29, 0.717) is 12.2 Å². The van der Waals surface area contributed by atoms with Gasteiger partial charge in [0.2, 0.25) is 0 Å². The predicted octanol–water partition coefficient (Wildman–Crippen LogP) is 0.877. The number of carbonyl (C=O) groups is 1. The molecule has 0 radical (unpaired) electrons. The molecule has 1 rings (SSSR count). The molecule has 0 spiro atoms. The lowest BCUT2D eigenvalue weighted by Gasteiger charge is -2.31. The van der Waals surface area contributed by atoms with Crippen molar-refractivity contribution >= 4 is 5.78 Å². The van der Waals surface area contributed by atoms with Gasteiger partial charge in [-0.2, -0.15) is 0 Å². The number of hydrogen-bond acceptors (Lipinski definition) is 3. The van der Waals surface area contributed by atoms with Crippen LogP contribution in [0.1, 0.15) is 20.3 Å². The van der Waals surface area contributed by atoms with Crippen molar-refractivity contribution in [2.24, 2.45) is 5.41 Å². The van der Waals surface area contributed by atoms with E-state index in [1.165, 1.54) is 13.2 Å². The van der Waals surface area contributed by atoms with Crippen LogP contribution in [0.5, 0.6) is 0 Å². The zero-order valence-electron chi connectivity index (χ0n) is 7.63. The molecule has 0 heterocycles. The number of rotatable bonds is 1. The molecule has 1 aliphatic carbocycles. The summed E-state index contributed by atoms with van der Waals surface area (Å²) in [6.45, 7) is 3.48. The standard InChI is InChI=1S/C9H14O3/c1-9(2)7(10)4-6(12-3)5-8(9)11/h4,8,11H,5H2,1-3H3. The molecule has 0 amide bonds. The highest BCUT2D eigenvalue weighted by Gasteiger charge is 2.38. The van der Waals surface area contributed by atoms with Gasteiger partial charge in [-0.25, -0.2) is 0 Å². The van der Waals surface area contributed by atoms with Crippen LogP contribution in [0, 0.1) is 5.41 Å². The molecule has 0 aromatic heterocycles. The summed E-state index contributed by atoms with van der Waals surface area (Å²) >= 11 is 0. The van der Waals surface area contributed by atoms with Gasteiger partial charge < -0.3 is 9.84 Å². The van der Waals surface area contributed by atoms with Gasteiger partial charge >= 0.3 is 0 Å². The Morgan fingerprint density at radius 2 is 2.25 bits per heavy atom. The molecule has 3 heteroatoms. The second-order valence-electron chi connectivity index (χ2n) is 3.62. The van der Waals surface area contributed by atoms with Gasteiger partial charge in [0.25, 0.3) is 0 Å². The van der Waals surface area contributed by atoms with Crippen molar-refractivity contribution in [1.29, 1.82) is 0 Å². The molecule has 1 N–H and O–H groups in total. The van der Waals surface area contributed by atoms with E-state index < -0.39 is 11.5 Å².